The summed E-state index contributed by atoms with van der Waals surface area (Å²) in [5.74, 6) is 0.935. The van der Waals surface area contributed by atoms with Crippen LogP contribution in [0.5, 0.6) is 11.5 Å². The molecule has 0 saturated carbocycles. The maximum absolute atomic E-state index is 11.9. The zero-order valence-electron chi connectivity index (χ0n) is 12.7. The van der Waals surface area contributed by atoms with Crippen molar-refractivity contribution in [3.05, 3.63) is 23.8 Å². The molecule has 0 aliphatic carbocycles. The molecule has 5 nitrogen and oxygen atoms in total. The lowest BCUT2D eigenvalue weighted by molar-refractivity contribution is -0.156. The van der Waals surface area contributed by atoms with Crippen molar-refractivity contribution in [1.29, 1.82) is 0 Å². The fourth-order valence-electron chi connectivity index (χ4n) is 1.74. The smallest absolute Gasteiger partial charge is 0.323 e. The molecule has 0 saturated heterocycles. The molecule has 0 aliphatic rings. The zero-order valence-corrected chi connectivity index (χ0v) is 12.7. The van der Waals surface area contributed by atoms with Gasteiger partial charge in [0, 0.05) is 6.42 Å². The van der Waals surface area contributed by atoms with Crippen LogP contribution in [0.2, 0.25) is 0 Å². The fraction of sp³-hybridized carbons (Fsp3) is 0.533. The highest BCUT2D eigenvalue weighted by Crippen LogP contribution is 2.25. The van der Waals surface area contributed by atoms with Crippen molar-refractivity contribution < 1.29 is 19.0 Å². The molecular weight excluding hydrogens is 258 g/mol. The van der Waals surface area contributed by atoms with Crippen LogP contribution in [0.25, 0.3) is 0 Å². The maximum atomic E-state index is 11.9. The summed E-state index contributed by atoms with van der Waals surface area (Å²) in [5, 5.41) is 0. The van der Waals surface area contributed by atoms with Crippen molar-refractivity contribution in [2.75, 3.05) is 14.2 Å². The van der Waals surface area contributed by atoms with Crippen molar-refractivity contribution in [2.45, 2.75) is 38.8 Å². The molecule has 1 aromatic rings. The number of hydrogen-bond acceptors (Lipinski definition) is 5. The molecule has 0 radical (unpaired) electrons. The number of esters is 1. The maximum Gasteiger partial charge on any atom is 0.323 e. The van der Waals surface area contributed by atoms with Gasteiger partial charge in [-0.2, -0.15) is 0 Å². The molecule has 0 heterocycles. The van der Waals surface area contributed by atoms with Crippen LogP contribution >= 0.6 is 0 Å². The summed E-state index contributed by atoms with van der Waals surface area (Å²) in [4.78, 5) is 11.9. The second kappa shape index (κ2) is 6.61. The van der Waals surface area contributed by atoms with Gasteiger partial charge in [0.15, 0.2) is 0 Å². The Morgan fingerprint density at radius 2 is 1.90 bits per heavy atom. The minimum atomic E-state index is -0.741. The van der Waals surface area contributed by atoms with Gasteiger partial charge >= 0.3 is 5.97 Å². The quantitative estimate of drug-likeness (QED) is 0.835. The summed E-state index contributed by atoms with van der Waals surface area (Å²) in [6.45, 7) is 5.43. The lowest BCUT2D eigenvalue weighted by atomic mass is 10.0. The lowest BCUT2D eigenvalue weighted by Gasteiger charge is -2.22. The van der Waals surface area contributed by atoms with E-state index in [2.05, 4.69) is 0 Å². The first-order valence-electron chi connectivity index (χ1n) is 6.46. The third-order valence-corrected chi connectivity index (χ3v) is 2.64. The third kappa shape index (κ3) is 4.74. The van der Waals surface area contributed by atoms with E-state index in [0.29, 0.717) is 17.9 Å². The van der Waals surface area contributed by atoms with Crippen LogP contribution in [-0.4, -0.2) is 31.8 Å². The largest absolute Gasteiger partial charge is 0.497 e. The highest BCUT2D eigenvalue weighted by atomic mass is 16.6. The molecule has 0 bridgehead atoms. The SMILES string of the molecule is COc1ccc(OC)c(CC(N)C(=O)OC(C)(C)C)c1. The predicted molar refractivity (Wildman–Crippen MR) is 77.1 cm³/mol. The van der Waals surface area contributed by atoms with Crippen molar-refractivity contribution in [3.63, 3.8) is 0 Å². The van der Waals surface area contributed by atoms with Crippen molar-refractivity contribution in [1.82, 2.24) is 0 Å². The third-order valence-electron chi connectivity index (χ3n) is 2.64. The van der Waals surface area contributed by atoms with E-state index in [-0.39, 0.29) is 0 Å². The average Bonchev–Trinajstić information content (AvgIpc) is 2.36. The van der Waals surface area contributed by atoms with E-state index in [1.165, 1.54) is 0 Å². The van der Waals surface area contributed by atoms with Gasteiger partial charge in [-0.25, -0.2) is 0 Å². The predicted octanol–water partition coefficient (Wildman–Crippen LogP) is 1.92. The molecule has 2 N–H and O–H groups in total. The van der Waals surface area contributed by atoms with Gasteiger partial charge in [-0.1, -0.05) is 0 Å². The van der Waals surface area contributed by atoms with E-state index in [4.69, 9.17) is 19.9 Å². The number of rotatable bonds is 5. The zero-order chi connectivity index (χ0) is 15.3. The molecule has 1 rings (SSSR count). The van der Waals surface area contributed by atoms with Crippen LogP contribution < -0.4 is 15.2 Å². The van der Waals surface area contributed by atoms with Crippen molar-refractivity contribution in [2.24, 2.45) is 5.73 Å². The van der Waals surface area contributed by atoms with E-state index < -0.39 is 17.6 Å². The Morgan fingerprint density at radius 3 is 2.40 bits per heavy atom. The summed E-state index contributed by atoms with van der Waals surface area (Å²) < 4.78 is 15.7. The van der Waals surface area contributed by atoms with Gasteiger partial charge < -0.3 is 19.9 Å². The first-order chi connectivity index (χ1) is 9.26. The fourth-order valence-corrected chi connectivity index (χ4v) is 1.74. The van der Waals surface area contributed by atoms with Crippen molar-refractivity contribution >= 4 is 5.97 Å². The Bertz CT molecular complexity index is 465. The van der Waals surface area contributed by atoms with Gasteiger partial charge in [-0.3, -0.25) is 4.79 Å². The first-order valence-corrected chi connectivity index (χ1v) is 6.46. The Kier molecular flexibility index (Phi) is 5.39. The minimum absolute atomic E-state index is 0.329. The molecule has 0 spiro atoms. The number of carbonyl (C=O) groups excluding carboxylic acids is 1. The molecule has 20 heavy (non-hydrogen) atoms. The molecule has 0 fully saturated rings. The second-order valence-electron chi connectivity index (χ2n) is 5.52. The summed E-state index contributed by atoms with van der Waals surface area (Å²) in [6.07, 6.45) is 0.329. The topological polar surface area (TPSA) is 70.8 Å². The van der Waals surface area contributed by atoms with E-state index in [1.54, 1.807) is 26.4 Å². The Morgan fingerprint density at radius 1 is 1.25 bits per heavy atom. The molecule has 0 aliphatic heterocycles. The Hall–Kier alpha value is -1.75. The van der Waals surface area contributed by atoms with Gasteiger partial charge in [0.2, 0.25) is 0 Å². The standard InChI is InChI=1S/C15H23NO4/c1-15(2,3)20-14(17)12(16)9-10-8-11(18-4)6-7-13(10)19-5/h6-8,12H,9,16H2,1-5H3. The van der Waals surface area contributed by atoms with Gasteiger partial charge in [-0.05, 0) is 44.5 Å². The first kappa shape index (κ1) is 16.3. The number of nitrogens with two attached hydrogens (primary N) is 1. The molecule has 1 atom stereocenters. The lowest BCUT2D eigenvalue weighted by Crippen LogP contribution is -2.38. The van der Waals surface area contributed by atoms with E-state index in [9.17, 15) is 4.79 Å². The number of methoxy groups -OCH3 is 2. The second-order valence-corrected chi connectivity index (χ2v) is 5.52. The molecule has 5 heteroatoms. The Balaban J connectivity index is 2.83. The van der Waals surface area contributed by atoms with Gasteiger partial charge in [0.05, 0.1) is 14.2 Å². The van der Waals surface area contributed by atoms with Crippen LogP contribution in [0.15, 0.2) is 18.2 Å². The van der Waals surface area contributed by atoms with Crippen LogP contribution in [-0.2, 0) is 16.0 Å². The highest BCUT2D eigenvalue weighted by molar-refractivity contribution is 5.76. The summed E-state index contributed by atoms with van der Waals surface area (Å²) >= 11 is 0. The molecule has 112 valence electrons. The molecule has 0 amide bonds. The van der Waals surface area contributed by atoms with E-state index in [1.807, 2.05) is 26.8 Å². The number of hydrogen-bond donors (Lipinski definition) is 1. The van der Waals surface area contributed by atoms with Crippen LogP contribution in [0.4, 0.5) is 0 Å². The molecule has 1 aromatic carbocycles. The monoisotopic (exact) mass is 281 g/mol. The van der Waals surface area contributed by atoms with Crippen LogP contribution in [0.1, 0.15) is 26.3 Å². The summed E-state index contributed by atoms with van der Waals surface area (Å²) in [6, 6.07) is 4.65. The molecule has 1 unspecified atom stereocenters. The summed E-state index contributed by atoms with van der Waals surface area (Å²) in [5.41, 5.74) is 6.16. The average molecular weight is 281 g/mol. The number of carbonyl (C=O) groups is 1. The highest BCUT2D eigenvalue weighted by Gasteiger charge is 2.23. The Labute approximate surface area is 120 Å². The van der Waals surface area contributed by atoms with Crippen LogP contribution in [0, 0.1) is 0 Å². The number of benzene rings is 1. The van der Waals surface area contributed by atoms with Gasteiger partial charge in [-0.15, -0.1) is 0 Å². The molecule has 0 aromatic heterocycles. The number of ether oxygens (including phenoxy) is 3. The van der Waals surface area contributed by atoms with Gasteiger partial charge in [0.25, 0.3) is 0 Å². The minimum Gasteiger partial charge on any atom is -0.497 e. The normalized spacial score (nSPS) is 12.7. The van der Waals surface area contributed by atoms with E-state index >= 15 is 0 Å². The molecular formula is C15H23NO4. The summed E-state index contributed by atoms with van der Waals surface area (Å²) in [7, 11) is 3.16. The van der Waals surface area contributed by atoms with Gasteiger partial charge in [0.1, 0.15) is 23.1 Å². The van der Waals surface area contributed by atoms with Crippen molar-refractivity contribution in [3.8, 4) is 11.5 Å². The van der Waals surface area contributed by atoms with E-state index in [0.717, 1.165) is 5.56 Å². The van der Waals surface area contributed by atoms with Crippen LogP contribution in [0.3, 0.4) is 0 Å².